The smallest absolute Gasteiger partial charge is 0.310 e. The molecule has 0 aliphatic carbocycles. The lowest BCUT2D eigenvalue weighted by Crippen LogP contribution is -2.11. The predicted octanol–water partition coefficient (Wildman–Crippen LogP) is 2.90. The molecule has 1 aromatic heterocycles. The molecular formula is C11H12BrF2NO3. The van der Waals surface area contributed by atoms with Gasteiger partial charge in [-0.25, -0.2) is 13.8 Å². The number of esters is 1. The Bertz CT molecular complexity index is 441. The highest BCUT2D eigenvalue weighted by atomic mass is 79.9. The summed E-state index contributed by atoms with van der Waals surface area (Å²) in [5.41, 5.74) is -0.362. The molecular weight excluding hydrogens is 312 g/mol. The Hall–Kier alpha value is -1.24. The minimum Gasteiger partial charge on any atom is -0.481 e. The zero-order valence-corrected chi connectivity index (χ0v) is 11.5. The fourth-order valence-electron chi connectivity index (χ4n) is 1.35. The summed E-state index contributed by atoms with van der Waals surface area (Å²) in [5, 5.41) is 0. The van der Waals surface area contributed by atoms with Crippen LogP contribution in [-0.4, -0.2) is 24.7 Å². The van der Waals surface area contributed by atoms with Crippen molar-refractivity contribution in [3.8, 4) is 5.88 Å². The standard InChI is InChI=1S/C11H12BrF2NO3/c1-3-18-9(16)4-6-7(12)5-8(17-2)15-10(6)11(13)14/h5,11H,3-4H2,1-2H3. The monoisotopic (exact) mass is 323 g/mol. The predicted molar refractivity (Wildman–Crippen MR) is 63.8 cm³/mol. The quantitative estimate of drug-likeness (QED) is 0.782. The fraction of sp³-hybridized carbons (Fsp3) is 0.455. The first-order chi connectivity index (χ1) is 8.49. The zero-order valence-electron chi connectivity index (χ0n) is 9.87. The molecule has 7 heteroatoms. The van der Waals surface area contributed by atoms with Crippen molar-refractivity contribution < 1.29 is 23.0 Å². The van der Waals surface area contributed by atoms with Crippen LogP contribution in [0.4, 0.5) is 8.78 Å². The molecule has 100 valence electrons. The van der Waals surface area contributed by atoms with Gasteiger partial charge in [-0.05, 0) is 6.92 Å². The lowest BCUT2D eigenvalue weighted by atomic mass is 10.1. The van der Waals surface area contributed by atoms with Crippen LogP contribution in [0.2, 0.25) is 0 Å². The van der Waals surface area contributed by atoms with Crippen molar-refractivity contribution in [1.82, 2.24) is 4.98 Å². The van der Waals surface area contributed by atoms with Crippen molar-refractivity contribution in [1.29, 1.82) is 0 Å². The van der Waals surface area contributed by atoms with E-state index in [2.05, 4.69) is 20.9 Å². The van der Waals surface area contributed by atoms with E-state index in [0.29, 0.717) is 4.47 Å². The van der Waals surface area contributed by atoms with Crippen molar-refractivity contribution in [2.45, 2.75) is 19.8 Å². The third-order valence-corrected chi connectivity index (χ3v) is 2.83. The Labute approximate surface area is 111 Å². The lowest BCUT2D eigenvalue weighted by molar-refractivity contribution is -0.142. The number of hydrogen-bond acceptors (Lipinski definition) is 4. The van der Waals surface area contributed by atoms with E-state index in [1.165, 1.54) is 13.2 Å². The van der Waals surface area contributed by atoms with Gasteiger partial charge in [0.25, 0.3) is 6.43 Å². The van der Waals surface area contributed by atoms with Crippen LogP contribution in [0.1, 0.15) is 24.6 Å². The summed E-state index contributed by atoms with van der Waals surface area (Å²) in [7, 11) is 1.33. The first-order valence-corrected chi connectivity index (χ1v) is 5.96. The molecule has 0 saturated heterocycles. The van der Waals surface area contributed by atoms with Gasteiger partial charge in [-0.3, -0.25) is 4.79 Å². The minimum atomic E-state index is -2.79. The maximum absolute atomic E-state index is 12.9. The normalized spacial score (nSPS) is 10.6. The third kappa shape index (κ3) is 3.63. The van der Waals surface area contributed by atoms with Gasteiger partial charge in [0, 0.05) is 16.1 Å². The maximum Gasteiger partial charge on any atom is 0.310 e. The molecule has 0 N–H and O–H groups in total. The largest absolute Gasteiger partial charge is 0.481 e. The molecule has 1 aromatic rings. The molecule has 0 bridgehead atoms. The summed E-state index contributed by atoms with van der Waals surface area (Å²) < 4.78 is 35.6. The second-order valence-electron chi connectivity index (χ2n) is 3.29. The Morgan fingerprint density at radius 3 is 2.72 bits per heavy atom. The molecule has 0 spiro atoms. The molecule has 0 aliphatic rings. The molecule has 0 aromatic carbocycles. The number of aromatic nitrogens is 1. The topological polar surface area (TPSA) is 48.4 Å². The number of carbonyl (C=O) groups is 1. The van der Waals surface area contributed by atoms with Gasteiger partial charge in [-0.15, -0.1) is 0 Å². The van der Waals surface area contributed by atoms with E-state index in [0.717, 1.165) is 0 Å². The third-order valence-electron chi connectivity index (χ3n) is 2.12. The number of rotatable bonds is 5. The van der Waals surface area contributed by atoms with Gasteiger partial charge in [-0.1, -0.05) is 15.9 Å². The first-order valence-electron chi connectivity index (χ1n) is 5.16. The van der Waals surface area contributed by atoms with Crippen LogP contribution in [0.5, 0.6) is 5.88 Å². The summed E-state index contributed by atoms with van der Waals surface area (Å²) in [4.78, 5) is 15.0. The first kappa shape index (κ1) is 14.8. The highest BCUT2D eigenvalue weighted by Gasteiger charge is 2.21. The van der Waals surface area contributed by atoms with E-state index in [1.54, 1.807) is 6.92 Å². The van der Waals surface area contributed by atoms with Gasteiger partial charge < -0.3 is 9.47 Å². The van der Waals surface area contributed by atoms with Crippen LogP contribution in [0, 0.1) is 0 Å². The molecule has 0 radical (unpaired) electrons. The van der Waals surface area contributed by atoms with Crippen molar-refractivity contribution >= 4 is 21.9 Å². The highest BCUT2D eigenvalue weighted by molar-refractivity contribution is 9.10. The number of ether oxygens (including phenoxy) is 2. The zero-order chi connectivity index (χ0) is 13.7. The van der Waals surface area contributed by atoms with E-state index in [-0.39, 0.29) is 24.5 Å². The molecule has 0 aliphatic heterocycles. The number of carbonyl (C=O) groups excluding carboxylic acids is 1. The number of pyridine rings is 1. The van der Waals surface area contributed by atoms with E-state index in [1.807, 2.05) is 0 Å². The molecule has 4 nitrogen and oxygen atoms in total. The van der Waals surface area contributed by atoms with Crippen LogP contribution in [0.3, 0.4) is 0 Å². The summed E-state index contributed by atoms with van der Waals surface area (Å²) >= 11 is 3.13. The molecule has 1 heterocycles. The molecule has 0 saturated carbocycles. The number of alkyl halides is 2. The molecule has 0 fully saturated rings. The van der Waals surface area contributed by atoms with Gasteiger partial charge in [0.1, 0.15) is 5.69 Å². The van der Waals surface area contributed by atoms with Gasteiger partial charge in [0.05, 0.1) is 20.1 Å². The SMILES string of the molecule is CCOC(=O)Cc1c(Br)cc(OC)nc1C(F)F. The van der Waals surface area contributed by atoms with Crippen LogP contribution >= 0.6 is 15.9 Å². The minimum absolute atomic E-state index is 0.0600. The van der Waals surface area contributed by atoms with Gasteiger partial charge in [0.15, 0.2) is 0 Å². The average Bonchev–Trinajstić information content (AvgIpc) is 2.31. The molecule has 0 atom stereocenters. The Morgan fingerprint density at radius 2 is 2.22 bits per heavy atom. The molecule has 1 rings (SSSR count). The fourth-order valence-corrected chi connectivity index (χ4v) is 1.89. The van der Waals surface area contributed by atoms with Crippen molar-refractivity contribution in [2.24, 2.45) is 0 Å². The number of halogens is 3. The summed E-state index contributed by atoms with van der Waals surface area (Å²) in [6.07, 6.45) is -3.05. The van der Waals surface area contributed by atoms with Crippen molar-refractivity contribution in [2.75, 3.05) is 13.7 Å². The Morgan fingerprint density at radius 1 is 1.56 bits per heavy atom. The summed E-state index contributed by atoms with van der Waals surface area (Å²) in [5.74, 6) is -0.517. The van der Waals surface area contributed by atoms with Crippen LogP contribution in [0.25, 0.3) is 0 Å². The van der Waals surface area contributed by atoms with Crippen LogP contribution < -0.4 is 4.74 Å². The van der Waals surface area contributed by atoms with Crippen molar-refractivity contribution in [3.05, 3.63) is 21.8 Å². The average molecular weight is 324 g/mol. The second kappa shape index (κ2) is 6.63. The van der Waals surface area contributed by atoms with E-state index >= 15 is 0 Å². The molecule has 18 heavy (non-hydrogen) atoms. The maximum atomic E-state index is 12.9. The second-order valence-corrected chi connectivity index (χ2v) is 4.15. The van der Waals surface area contributed by atoms with E-state index < -0.39 is 18.1 Å². The Kier molecular flexibility index (Phi) is 5.46. The van der Waals surface area contributed by atoms with Crippen molar-refractivity contribution in [3.63, 3.8) is 0 Å². The van der Waals surface area contributed by atoms with Gasteiger partial charge >= 0.3 is 5.97 Å². The Balaban J connectivity index is 3.12. The van der Waals surface area contributed by atoms with Crippen LogP contribution in [-0.2, 0) is 16.0 Å². The number of hydrogen-bond donors (Lipinski definition) is 0. The molecule has 0 amide bonds. The van der Waals surface area contributed by atoms with E-state index in [9.17, 15) is 13.6 Å². The molecule has 0 unspecified atom stereocenters. The summed E-state index contributed by atoms with van der Waals surface area (Å²) in [6.45, 7) is 1.84. The van der Waals surface area contributed by atoms with E-state index in [4.69, 9.17) is 9.47 Å². The highest BCUT2D eigenvalue weighted by Crippen LogP contribution is 2.30. The summed E-state index contributed by atoms with van der Waals surface area (Å²) in [6, 6.07) is 1.43. The lowest BCUT2D eigenvalue weighted by Gasteiger charge is -2.11. The van der Waals surface area contributed by atoms with Crippen LogP contribution in [0.15, 0.2) is 10.5 Å². The van der Waals surface area contributed by atoms with Gasteiger partial charge in [0.2, 0.25) is 5.88 Å². The number of methoxy groups -OCH3 is 1. The number of nitrogens with zero attached hydrogens (tertiary/aromatic N) is 1. The van der Waals surface area contributed by atoms with Gasteiger partial charge in [-0.2, -0.15) is 0 Å².